The monoisotopic (exact) mass is 279 g/mol. The molecule has 0 fully saturated rings. The maximum absolute atomic E-state index is 11.9. The van der Waals surface area contributed by atoms with Gasteiger partial charge in [0.15, 0.2) is 6.10 Å². The highest BCUT2D eigenvalue weighted by molar-refractivity contribution is 5.80. The molecule has 0 aliphatic carbocycles. The number of hydrogen-bond acceptors (Lipinski definition) is 3. The summed E-state index contributed by atoms with van der Waals surface area (Å²) in [6.45, 7) is 8.32. The van der Waals surface area contributed by atoms with Gasteiger partial charge in [0.05, 0.1) is 6.10 Å². The van der Waals surface area contributed by atoms with Crippen LogP contribution in [0.3, 0.4) is 0 Å². The Morgan fingerprint density at radius 1 is 1.30 bits per heavy atom. The molecule has 112 valence electrons. The number of aliphatic hydroxyl groups is 1. The Hall–Kier alpha value is -1.55. The summed E-state index contributed by atoms with van der Waals surface area (Å²) in [6, 6.07) is 7.16. The molecule has 0 aliphatic rings. The van der Waals surface area contributed by atoms with Crippen molar-refractivity contribution in [3.05, 3.63) is 29.8 Å². The molecular formula is C16H25NO3. The van der Waals surface area contributed by atoms with E-state index in [1.807, 2.05) is 6.07 Å². The Balaban J connectivity index is 2.50. The first-order valence-electron chi connectivity index (χ1n) is 7.12. The van der Waals surface area contributed by atoms with Gasteiger partial charge >= 0.3 is 0 Å². The molecule has 0 radical (unpaired) electrons. The maximum atomic E-state index is 11.9. The molecule has 0 saturated heterocycles. The topological polar surface area (TPSA) is 58.6 Å². The molecule has 0 heterocycles. The Kier molecular flexibility index (Phi) is 6.52. The van der Waals surface area contributed by atoms with Crippen LogP contribution in [0.25, 0.3) is 0 Å². The van der Waals surface area contributed by atoms with Gasteiger partial charge in [-0.15, -0.1) is 0 Å². The number of carbonyl (C=O) groups excluding carboxylic acids is 1. The highest BCUT2D eigenvalue weighted by atomic mass is 16.5. The van der Waals surface area contributed by atoms with Crippen molar-refractivity contribution in [3.8, 4) is 5.75 Å². The summed E-state index contributed by atoms with van der Waals surface area (Å²) >= 11 is 0. The molecule has 1 aromatic carbocycles. The van der Waals surface area contributed by atoms with Gasteiger partial charge in [0.2, 0.25) is 0 Å². The molecule has 0 spiro atoms. The molecule has 1 amide bonds. The Bertz CT molecular complexity index is 429. The predicted molar refractivity (Wildman–Crippen MR) is 79.6 cm³/mol. The number of aliphatic hydroxyl groups excluding tert-OH is 1. The van der Waals surface area contributed by atoms with Crippen LogP contribution in [0.4, 0.5) is 0 Å². The minimum absolute atomic E-state index is 0.117. The lowest BCUT2D eigenvalue weighted by Crippen LogP contribution is -2.37. The Morgan fingerprint density at radius 2 is 2.00 bits per heavy atom. The molecule has 4 nitrogen and oxygen atoms in total. The maximum Gasteiger partial charge on any atom is 0.260 e. The standard InChI is InChI=1S/C16H25NO3/c1-11(2)8-9-17-16(19)13(4)20-15-7-5-6-14(10-15)12(3)18/h5-7,10-13,18H,8-9H2,1-4H3,(H,17,19)/t12-,13?/m0/s1. The smallest absolute Gasteiger partial charge is 0.260 e. The second kappa shape index (κ2) is 7.90. The van der Waals surface area contributed by atoms with Crippen molar-refractivity contribution in [3.63, 3.8) is 0 Å². The fourth-order valence-corrected chi connectivity index (χ4v) is 1.73. The van der Waals surface area contributed by atoms with Crippen LogP contribution < -0.4 is 10.1 Å². The van der Waals surface area contributed by atoms with Crippen molar-refractivity contribution in [1.29, 1.82) is 0 Å². The van der Waals surface area contributed by atoms with E-state index in [0.29, 0.717) is 18.2 Å². The van der Waals surface area contributed by atoms with Crippen molar-refractivity contribution in [2.45, 2.75) is 46.3 Å². The van der Waals surface area contributed by atoms with Crippen LogP contribution in [-0.4, -0.2) is 23.7 Å². The van der Waals surface area contributed by atoms with Crippen LogP contribution in [0.2, 0.25) is 0 Å². The number of hydrogen-bond donors (Lipinski definition) is 2. The molecule has 1 unspecified atom stereocenters. The Morgan fingerprint density at radius 3 is 2.60 bits per heavy atom. The molecular weight excluding hydrogens is 254 g/mol. The van der Waals surface area contributed by atoms with E-state index in [-0.39, 0.29) is 5.91 Å². The molecule has 2 N–H and O–H groups in total. The molecule has 20 heavy (non-hydrogen) atoms. The average molecular weight is 279 g/mol. The van der Waals surface area contributed by atoms with E-state index in [1.54, 1.807) is 32.0 Å². The summed E-state index contributed by atoms with van der Waals surface area (Å²) in [5.41, 5.74) is 0.773. The van der Waals surface area contributed by atoms with E-state index in [9.17, 15) is 9.90 Å². The van der Waals surface area contributed by atoms with Gasteiger partial charge in [-0.3, -0.25) is 4.79 Å². The van der Waals surface area contributed by atoms with E-state index >= 15 is 0 Å². The molecule has 0 aliphatic heterocycles. The zero-order chi connectivity index (χ0) is 15.1. The number of ether oxygens (including phenoxy) is 1. The van der Waals surface area contributed by atoms with Gasteiger partial charge in [-0.1, -0.05) is 26.0 Å². The number of nitrogens with one attached hydrogen (secondary N) is 1. The minimum Gasteiger partial charge on any atom is -0.481 e. The predicted octanol–water partition coefficient (Wildman–Crippen LogP) is 2.67. The summed E-state index contributed by atoms with van der Waals surface area (Å²) in [5, 5.41) is 12.4. The zero-order valence-corrected chi connectivity index (χ0v) is 12.7. The zero-order valence-electron chi connectivity index (χ0n) is 12.7. The van der Waals surface area contributed by atoms with Crippen LogP contribution in [0.5, 0.6) is 5.75 Å². The lowest BCUT2D eigenvalue weighted by molar-refractivity contribution is -0.127. The van der Waals surface area contributed by atoms with Crippen LogP contribution in [-0.2, 0) is 4.79 Å². The lowest BCUT2D eigenvalue weighted by atomic mass is 10.1. The molecule has 4 heteroatoms. The quantitative estimate of drug-likeness (QED) is 0.806. The van der Waals surface area contributed by atoms with Crippen molar-refractivity contribution < 1.29 is 14.6 Å². The summed E-state index contributed by atoms with van der Waals surface area (Å²) in [6.07, 6.45) is -0.143. The minimum atomic E-state index is -0.550. The van der Waals surface area contributed by atoms with Crippen LogP contribution in [0.1, 0.15) is 45.8 Å². The van der Waals surface area contributed by atoms with Crippen molar-refractivity contribution in [2.24, 2.45) is 5.92 Å². The van der Waals surface area contributed by atoms with Gasteiger partial charge < -0.3 is 15.2 Å². The van der Waals surface area contributed by atoms with Gasteiger partial charge in [-0.25, -0.2) is 0 Å². The van der Waals surface area contributed by atoms with Gasteiger partial charge in [0, 0.05) is 6.54 Å². The summed E-state index contributed by atoms with van der Waals surface area (Å²) in [4.78, 5) is 11.9. The van der Waals surface area contributed by atoms with E-state index in [0.717, 1.165) is 12.0 Å². The fourth-order valence-electron chi connectivity index (χ4n) is 1.73. The number of rotatable bonds is 7. The fraction of sp³-hybridized carbons (Fsp3) is 0.562. The molecule has 0 aromatic heterocycles. The summed E-state index contributed by atoms with van der Waals surface area (Å²) in [7, 11) is 0. The van der Waals surface area contributed by atoms with Gasteiger partial charge in [-0.2, -0.15) is 0 Å². The molecule has 0 saturated carbocycles. The van der Waals surface area contributed by atoms with Crippen LogP contribution in [0, 0.1) is 5.92 Å². The molecule has 2 atom stereocenters. The van der Waals surface area contributed by atoms with Crippen molar-refractivity contribution in [1.82, 2.24) is 5.32 Å². The highest BCUT2D eigenvalue weighted by Crippen LogP contribution is 2.19. The van der Waals surface area contributed by atoms with Crippen molar-refractivity contribution in [2.75, 3.05) is 6.54 Å². The number of amides is 1. The third-order valence-electron chi connectivity index (χ3n) is 3.04. The second-order valence-electron chi connectivity index (χ2n) is 5.48. The highest BCUT2D eigenvalue weighted by Gasteiger charge is 2.14. The molecule has 0 bridgehead atoms. The van der Waals surface area contributed by atoms with E-state index < -0.39 is 12.2 Å². The van der Waals surface area contributed by atoms with Gasteiger partial charge in [0.1, 0.15) is 5.75 Å². The van der Waals surface area contributed by atoms with Crippen LogP contribution >= 0.6 is 0 Å². The van der Waals surface area contributed by atoms with Crippen LogP contribution in [0.15, 0.2) is 24.3 Å². The normalized spacial score (nSPS) is 13.9. The SMILES string of the molecule is CC(C)CCNC(=O)C(C)Oc1cccc([C@H](C)O)c1. The second-order valence-corrected chi connectivity index (χ2v) is 5.48. The molecule has 1 rings (SSSR count). The number of carbonyl (C=O) groups is 1. The molecule has 1 aromatic rings. The third kappa shape index (κ3) is 5.61. The van der Waals surface area contributed by atoms with E-state index in [2.05, 4.69) is 19.2 Å². The van der Waals surface area contributed by atoms with Gasteiger partial charge in [-0.05, 0) is 43.9 Å². The first-order valence-corrected chi connectivity index (χ1v) is 7.12. The first kappa shape index (κ1) is 16.5. The lowest BCUT2D eigenvalue weighted by Gasteiger charge is -2.16. The van der Waals surface area contributed by atoms with E-state index in [4.69, 9.17) is 4.74 Å². The summed E-state index contributed by atoms with van der Waals surface area (Å²) < 4.78 is 5.60. The van der Waals surface area contributed by atoms with Gasteiger partial charge in [0.25, 0.3) is 5.91 Å². The average Bonchev–Trinajstić information content (AvgIpc) is 2.38. The number of benzene rings is 1. The Labute approximate surface area is 121 Å². The largest absolute Gasteiger partial charge is 0.481 e. The first-order chi connectivity index (χ1) is 9.40. The third-order valence-corrected chi connectivity index (χ3v) is 3.04. The van der Waals surface area contributed by atoms with E-state index in [1.165, 1.54) is 0 Å². The van der Waals surface area contributed by atoms with Crippen molar-refractivity contribution >= 4 is 5.91 Å². The summed E-state index contributed by atoms with van der Waals surface area (Å²) in [5.74, 6) is 1.04.